The summed E-state index contributed by atoms with van der Waals surface area (Å²) >= 11 is 0. The van der Waals surface area contributed by atoms with Gasteiger partial charge in [0.25, 0.3) is 5.95 Å². The minimum atomic E-state index is -0.549. The molecule has 1 spiro atoms. The van der Waals surface area contributed by atoms with Gasteiger partial charge < -0.3 is 23.6 Å². The average Bonchev–Trinajstić information content (AvgIpc) is 3.53. The van der Waals surface area contributed by atoms with Gasteiger partial charge in [0.05, 0.1) is 19.0 Å². The predicted octanol–water partition coefficient (Wildman–Crippen LogP) is 3.63. The lowest BCUT2D eigenvalue weighted by atomic mass is 9.86. The van der Waals surface area contributed by atoms with Crippen LogP contribution in [0.1, 0.15) is 45.2 Å². The molecule has 5 atom stereocenters. The number of hydrogen-bond acceptors (Lipinski definition) is 8. The van der Waals surface area contributed by atoms with Gasteiger partial charge in [0.15, 0.2) is 17.5 Å². The van der Waals surface area contributed by atoms with Crippen molar-refractivity contribution in [1.82, 2.24) is 19.5 Å². The SMILES string of the molecule is C/C=N/c1nc(OCc2ccccc2)c2ncn([C@H]3C[C@H]([Si-]O)[C@@H](CC)[C@@]34COC(C)O4)c2n1. The van der Waals surface area contributed by atoms with Crippen molar-refractivity contribution in [2.24, 2.45) is 10.9 Å². The highest BCUT2D eigenvalue weighted by Crippen LogP contribution is 2.56. The molecule has 3 heterocycles. The smallest absolute Gasteiger partial charge is 0.254 e. The van der Waals surface area contributed by atoms with E-state index in [-0.39, 0.29) is 33.6 Å². The highest BCUT2D eigenvalue weighted by atomic mass is 28.2. The summed E-state index contributed by atoms with van der Waals surface area (Å²) in [5, 5.41) is 0. The maximum atomic E-state index is 10.2. The number of fused-ring (bicyclic) bond motifs is 1. The van der Waals surface area contributed by atoms with E-state index >= 15 is 0 Å². The third kappa shape index (κ3) is 3.94. The van der Waals surface area contributed by atoms with Crippen molar-refractivity contribution in [3.8, 4) is 5.88 Å². The number of imidazole rings is 1. The number of nitrogens with zero attached hydrogens (tertiary/aromatic N) is 5. The Morgan fingerprint density at radius 2 is 2.15 bits per heavy atom. The van der Waals surface area contributed by atoms with Gasteiger partial charge in [-0.05, 0) is 25.3 Å². The molecular weight excluding hydrogens is 450 g/mol. The lowest BCUT2D eigenvalue weighted by Crippen LogP contribution is -2.44. The molecular formula is C24H29N5O4Si-. The molecule has 2 aliphatic rings. The van der Waals surface area contributed by atoms with Crippen LogP contribution in [-0.4, -0.2) is 58.8 Å². The van der Waals surface area contributed by atoms with Crippen LogP contribution in [0.5, 0.6) is 5.88 Å². The second-order valence-corrected chi connectivity index (χ2v) is 9.77. The first-order chi connectivity index (χ1) is 16.6. The molecule has 1 N–H and O–H groups in total. The van der Waals surface area contributed by atoms with E-state index in [9.17, 15) is 4.80 Å². The van der Waals surface area contributed by atoms with Gasteiger partial charge in [0, 0.05) is 6.21 Å². The summed E-state index contributed by atoms with van der Waals surface area (Å²) in [5.74, 6) is 0.883. The third-order valence-corrected chi connectivity index (χ3v) is 7.84. The molecule has 10 heteroatoms. The Labute approximate surface area is 201 Å². The van der Waals surface area contributed by atoms with Crippen LogP contribution in [0.2, 0.25) is 5.54 Å². The number of aromatic nitrogens is 4. The van der Waals surface area contributed by atoms with E-state index in [0.29, 0.717) is 36.2 Å². The fraction of sp³-hybridized carbons (Fsp3) is 0.500. The molecule has 1 saturated heterocycles. The molecule has 1 saturated carbocycles. The van der Waals surface area contributed by atoms with Crippen molar-refractivity contribution in [3.63, 3.8) is 0 Å². The Balaban J connectivity index is 1.58. The molecule has 1 aliphatic heterocycles. The maximum absolute atomic E-state index is 10.2. The van der Waals surface area contributed by atoms with Gasteiger partial charge >= 0.3 is 0 Å². The zero-order valence-corrected chi connectivity index (χ0v) is 20.6. The second-order valence-electron chi connectivity index (χ2n) is 8.77. The van der Waals surface area contributed by atoms with Crippen LogP contribution >= 0.6 is 0 Å². The van der Waals surface area contributed by atoms with Crippen molar-refractivity contribution < 1.29 is 19.0 Å². The normalized spacial score (nSPS) is 29.1. The minimum Gasteiger partial charge on any atom is -0.634 e. The Hall–Kier alpha value is -2.66. The van der Waals surface area contributed by atoms with E-state index in [1.54, 1.807) is 12.5 Å². The zero-order valence-electron chi connectivity index (χ0n) is 19.6. The van der Waals surface area contributed by atoms with Crippen molar-refractivity contribution >= 4 is 33.1 Å². The van der Waals surface area contributed by atoms with Gasteiger partial charge in [-0.25, -0.2) is 9.98 Å². The third-order valence-electron chi connectivity index (χ3n) is 6.87. The Morgan fingerprint density at radius 3 is 2.82 bits per heavy atom. The van der Waals surface area contributed by atoms with Crippen LogP contribution in [-0.2, 0) is 16.1 Å². The lowest BCUT2D eigenvalue weighted by molar-refractivity contribution is -0.105. The molecule has 1 unspecified atom stereocenters. The van der Waals surface area contributed by atoms with E-state index in [1.807, 2.05) is 48.7 Å². The standard InChI is InChI=1S/C24H29N5O4Si/c1-4-17-18(34-30)11-19(24(17)13-32-15(3)33-24)29-14-26-20-21(29)27-23(25-5-2)28-22(20)31-12-16-9-7-6-8-10-16/h5-10,14-15,17-19,30H,4,11-13H2,1-3H3/q-1/b25-5+/t15?,17-,18+,19+,24+/m1/s1. The summed E-state index contributed by atoms with van der Waals surface area (Å²) in [7, 11) is -0.162. The molecule has 179 valence electrons. The summed E-state index contributed by atoms with van der Waals surface area (Å²) in [6.07, 6.45) is 4.79. The summed E-state index contributed by atoms with van der Waals surface area (Å²) < 4.78 is 20.5. The number of rotatable bonds is 7. The molecule has 0 amide bonds. The topological polar surface area (TPSA) is 104 Å². The molecule has 9 nitrogen and oxygen atoms in total. The number of hydrogen-bond donors (Lipinski definition) is 1. The number of aliphatic imine (C=N–C) groups is 1. The Bertz CT molecular complexity index is 1170. The summed E-state index contributed by atoms with van der Waals surface area (Å²) in [4.78, 5) is 28.4. The summed E-state index contributed by atoms with van der Waals surface area (Å²) in [6, 6.07) is 9.84. The van der Waals surface area contributed by atoms with Gasteiger partial charge in [-0.2, -0.15) is 15.5 Å². The average molecular weight is 480 g/mol. The molecule has 5 rings (SSSR count). The van der Waals surface area contributed by atoms with Crippen LogP contribution in [0.15, 0.2) is 41.7 Å². The van der Waals surface area contributed by atoms with Gasteiger partial charge in [-0.1, -0.05) is 50.1 Å². The Kier molecular flexibility index (Phi) is 6.48. The molecule has 1 radical (unpaired) electrons. The van der Waals surface area contributed by atoms with Crippen LogP contribution in [0.25, 0.3) is 11.2 Å². The largest absolute Gasteiger partial charge is 0.634 e. The molecule has 1 aliphatic carbocycles. The van der Waals surface area contributed by atoms with Gasteiger partial charge in [0.2, 0.25) is 5.88 Å². The fourth-order valence-corrected chi connectivity index (χ4v) is 6.44. The highest BCUT2D eigenvalue weighted by molar-refractivity contribution is 6.28. The van der Waals surface area contributed by atoms with Crippen molar-refractivity contribution in [2.75, 3.05) is 6.61 Å². The molecule has 1 aromatic carbocycles. The molecule has 3 aromatic rings. The lowest BCUT2D eigenvalue weighted by Gasteiger charge is -2.37. The zero-order chi connectivity index (χ0) is 23.7. The van der Waals surface area contributed by atoms with E-state index in [1.165, 1.54) is 0 Å². The van der Waals surface area contributed by atoms with E-state index in [0.717, 1.165) is 18.4 Å². The molecule has 2 aromatic heterocycles. The first kappa shape index (κ1) is 23.1. The van der Waals surface area contributed by atoms with Gasteiger partial charge in [0.1, 0.15) is 12.2 Å². The summed E-state index contributed by atoms with van der Waals surface area (Å²) in [5.41, 5.74) is 1.84. The van der Waals surface area contributed by atoms with Crippen LogP contribution in [0.3, 0.4) is 0 Å². The van der Waals surface area contributed by atoms with Gasteiger partial charge in [-0.3, -0.25) is 9.76 Å². The fourth-order valence-electron chi connectivity index (χ4n) is 5.41. The van der Waals surface area contributed by atoms with Crippen molar-refractivity contribution in [2.45, 2.75) is 63.7 Å². The van der Waals surface area contributed by atoms with E-state index in [4.69, 9.17) is 19.2 Å². The molecule has 2 fully saturated rings. The van der Waals surface area contributed by atoms with Crippen molar-refractivity contribution in [3.05, 3.63) is 42.2 Å². The van der Waals surface area contributed by atoms with Gasteiger partial charge in [-0.15, -0.1) is 0 Å². The van der Waals surface area contributed by atoms with Crippen LogP contribution < -0.4 is 4.74 Å². The first-order valence-corrected chi connectivity index (χ1v) is 12.7. The second kappa shape index (κ2) is 9.53. The minimum absolute atomic E-state index is 0.0904. The van der Waals surface area contributed by atoms with Crippen molar-refractivity contribution in [1.29, 1.82) is 0 Å². The number of benzene rings is 1. The summed E-state index contributed by atoms with van der Waals surface area (Å²) in [6.45, 7) is 6.73. The predicted molar refractivity (Wildman–Crippen MR) is 128 cm³/mol. The first-order valence-electron chi connectivity index (χ1n) is 11.7. The van der Waals surface area contributed by atoms with E-state index < -0.39 is 5.60 Å². The Morgan fingerprint density at radius 1 is 1.32 bits per heavy atom. The monoisotopic (exact) mass is 479 g/mol. The van der Waals surface area contributed by atoms with Crippen LogP contribution in [0.4, 0.5) is 5.95 Å². The maximum Gasteiger partial charge on any atom is 0.254 e. The van der Waals surface area contributed by atoms with E-state index in [2.05, 4.69) is 21.9 Å². The molecule has 34 heavy (non-hydrogen) atoms. The highest BCUT2D eigenvalue weighted by Gasteiger charge is 2.57. The molecule has 0 bridgehead atoms. The van der Waals surface area contributed by atoms with Crippen LogP contribution in [0, 0.1) is 5.92 Å². The quantitative estimate of drug-likeness (QED) is 0.408. The number of ether oxygens (including phenoxy) is 3.